The molecule has 2 aromatic rings. The van der Waals surface area contributed by atoms with Crippen molar-refractivity contribution in [2.24, 2.45) is 5.92 Å². The Morgan fingerprint density at radius 2 is 1.82 bits per heavy atom. The lowest BCUT2D eigenvalue weighted by Gasteiger charge is -2.12. The van der Waals surface area contributed by atoms with E-state index >= 15 is 0 Å². The lowest BCUT2D eigenvalue weighted by molar-refractivity contribution is 0.158. The molecule has 0 aliphatic heterocycles. The van der Waals surface area contributed by atoms with Crippen LogP contribution in [0.2, 0.25) is 0 Å². The Labute approximate surface area is 102 Å². The highest BCUT2D eigenvalue weighted by Crippen LogP contribution is 2.34. The van der Waals surface area contributed by atoms with E-state index in [1.807, 2.05) is 0 Å². The largest absolute Gasteiger partial charge is 0.393 e. The second kappa shape index (κ2) is 4.50. The number of benzene rings is 2. The first-order valence-corrected chi connectivity index (χ1v) is 6.47. The summed E-state index contributed by atoms with van der Waals surface area (Å²) in [5.74, 6) is 0.792. The first-order chi connectivity index (χ1) is 8.33. The van der Waals surface area contributed by atoms with Gasteiger partial charge in [0.05, 0.1) is 6.10 Å². The average Bonchev–Trinajstić information content (AvgIpc) is 3.13. The van der Waals surface area contributed by atoms with Crippen molar-refractivity contribution < 1.29 is 5.11 Å². The molecule has 0 spiro atoms. The zero-order chi connectivity index (χ0) is 11.7. The van der Waals surface area contributed by atoms with Gasteiger partial charge in [0.1, 0.15) is 0 Å². The van der Waals surface area contributed by atoms with Gasteiger partial charge in [-0.1, -0.05) is 55.3 Å². The van der Waals surface area contributed by atoms with E-state index in [9.17, 15) is 5.11 Å². The van der Waals surface area contributed by atoms with Crippen molar-refractivity contribution in [1.82, 2.24) is 0 Å². The van der Waals surface area contributed by atoms with Crippen molar-refractivity contribution in [3.8, 4) is 0 Å². The van der Waals surface area contributed by atoms with Crippen LogP contribution in [0.25, 0.3) is 10.8 Å². The van der Waals surface area contributed by atoms with Crippen molar-refractivity contribution >= 4 is 10.8 Å². The number of hydrogen-bond acceptors (Lipinski definition) is 1. The van der Waals surface area contributed by atoms with Gasteiger partial charge in [-0.15, -0.1) is 0 Å². The summed E-state index contributed by atoms with van der Waals surface area (Å²) < 4.78 is 0. The monoisotopic (exact) mass is 226 g/mol. The summed E-state index contributed by atoms with van der Waals surface area (Å²) in [6, 6.07) is 14.8. The van der Waals surface area contributed by atoms with Crippen molar-refractivity contribution in [3.05, 3.63) is 48.0 Å². The van der Waals surface area contributed by atoms with Gasteiger partial charge >= 0.3 is 0 Å². The van der Waals surface area contributed by atoms with Gasteiger partial charge in [0.25, 0.3) is 0 Å². The van der Waals surface area contributed by atoms with E-state index in [0.717, 1.165) is 18.8 Å². The third-order valence-electron chi connectivity index (χ3n) is 3.64. The van der Waals surface area contributed by atoms with Crippen LogP contribution in [0.15, 0.2) is 42.5 Å². The van der Waals surface area contributed by atoms with E-state index in [1.165, 1.54) is 29.2 Å². The van der Waals surface area contributed by atoms with Crippen LogP contribution < -0.4 is 0 Å². The second-order valence-electron chi connectivity index (χ2n) is 5.18. The minimum Gasteiger partial charge on any atom is -0.393 e. The number of fused-ring (bicyclic) bond motifs is 1. The molecule has 3 rings (SSSR count). The molecule has 0 heterocycles. The number of aliphatic hydroxyl groups is 1. The summed E-state index contributed by atoms with van der Waals surface area (Å²) in [6.07, 6.45) is 4.22. The third-order valence-corrected chi connectivity index (χ3v) is 3.64. The van der Waals surface area contributed by atoms with E-state index in [2.05, 4.69) is 42.5 Å². The first kappa shape index (κ1) is 10.8. The van der Waals surface area contributed by atoms with E-state index in [4.69, 9.17) is 0 Å². The minimum atomic E-state index is -0.173. The normalized spacial score (nSPS) is 17.2. The summed E-state index contributed by atoms with van der Waals surface area (Å²) in [6.45, 7) is 0. The molecule has 88 valence electrons. The summed E-state index contributed by atoms with van der Waals surface area (Å²) >= 11 is 0. The van der Waals surface area contributed by atoms with Crippen LogP contribution >= 0.6 is 0 Å². The molecule has 1 nitrogen and oxygen atoms in total. The fraction of sp³-hybridized carbons (Fsp3) is 0.375. The Morgan fingerprint density at radius 1 is 1.06 bits per heavy atom. The van der Waals surface area contributed by atoms with E-state index < -0.39 is 0 Å². The molecule has 0 radical (unpaired) electrons. The molecule has 1 saturated carbocycles. The van der Waals surface area contributed by atoms with Gasteiger partial charge in [0.15, 0.2) is 0 Å². The zero-order valence-corrected chi connectivity index (χ0v) is 9.97. The van der Waals surface area contributed by atoms with Crippen LogP contribution in [0.1, 0.15) is 24.8 Å². The lowest BCUT2D eigenvalue weighted by Crippen LogP contribution is -2.11. The molecule has 1 fully saturated rings. The highest BCUT2D eigenvalue weighted by atomic mass is 16.3. The Bertz CT molecular complexity index is 508. The molecule has 17 heavy (non-hydrogen) atoms. The van der Waals surface area contributed by atoms with Crippen molar-refractivity contribution in [2.75, 3.05) is 0 Å². The van der Waals surface area contributed by atoms with Crippen LogP contribution in [0.5, 0.6) is 0 Å². The number of aliphatic hydroxyl groups excluding tert-OH is 1. The maximum absolute atomic E-state index is 10.1. The third kappa shape index (κ3) is 2.50. The Kier molecular flexibility index (Phi) is 2.86. The predicted octanol–water partition coefficient (Wildman–Crippen LogP) is 3.54. The fourth-order valence-corrected chi connectivity index (χ4v) is 2.55. The maximum atomic E-state index is 10.1. The van der Waals surface area contributed by atoms with Crippen LogP contribution in [0.4, 0.5) is 0 Å². The summed E-state index contributed by atoms with van der Waals surface area (Å²) in [4.78, 5) is 0. The van der Waals surface area contributed by atoms with Gasteiger partial charge in [0, 0.05) is 0 Å². The zero-order valence-electron chi connectivity index (χ0n) is 9.97. The molecule has 1 atom stereocenters. The van der Waals surface area contributed by atoms with Crippen LogP contribution in [-0.2, 0) is 6.42 Å². The van der Waals surface area contributed by atoms with Crippen LogP contribution in [0, 0.1) is 5.92 Å². The number of hydrogen-bond donors (Lipinski definition) is 1. The molecular weight excluding hydrogens is 208 g/mol. The predicted molar refractivity (Wildman–Crippen MR) is 71.0 cm³/mol. The highest BCUT2D eigenvalue weighted by Gasteiger charge is 2.24. The SMILES string of the molecule is OC(Cc1cccc2ccccc12)CC1CC1. The van der Waals surface area contributed by atoms with Gasteiger partial charge in [-0.25, -0.2) is 0 Å². The number of rotatable bonds is 4. The minimum absolute atomic E-state index is 0.173. The molecular formula is C16H18O. The summed E-state index contributed by atoms with van der Waals surface area (Å²) in [5.41, 5.74) is 1.27. The molecule has 0 saturated heterocycles. The van der Waals surface area contributed by atoms with Crippen molar-refractivity contribution in [1.29, 1.82) is 0 Å². The molecule has 2 aromatic carbocycles. The van der Waals surface area contributed by atoms with Gasteiger partial charge in [-0.05, 0) is 35.1 Å². The first-order valence-electron chi connectivity index (χ1n) is 6.47. The Balaban J connectivity index is 1.83. The Hall–Kier alpha value is -1.34. The van der Waals surface area contributed by atoms with Gasteiger partial charge in [-0.2, -0.15) is 0 Å². The lowest BCUT2D eigenvalue weighted by atomic mass is 9.98. The van der Waals surface area contributed by atoms with Crippen LogP contribution in [0.3, 0.4) is 0 Å². The molecule has 1 N–H and O–H groups in total. The standard InChI is InChI=1S/C16H18O/c17-15(10-12-8-9-12)11-14-6-3-5-13-4-1-2-7-16(13)14/h1-7,12,15,17H,8-11H2. The van der Waals surface area contributed by atoms with Crippen LogP contribution in [-0.4, -0.2) is 11.2 Å². The summed E-state index contributed by atoms with van der Waals surface area (Å²) in [5, 5.41) is 12.6. The molecule has 1 heteroatoms. The van der Waals surface area contributed by atoms with Crippen molar-refractivity contribution in [2.45, 2.75) is 31.8 Å². The quantitative estimate of drug-likeness (QED) is 0.845. The maximum Gasteiger partial charge on any atom is 0.0583 e. The Morgan fingerprint density at radius 3 is 2.65 bits per heavy atom. The van der Waals surface area contributed by atoms with Gasteiger partial charge < -0.3 is 5.11 Å². The van der Waals surface area contributed by atoms with Crippen molar-refractivity contribution in [3.63, 3.8) is 0 Å². The van der Waals surface area contributed by atoms with E-state index in [-0.39, 0.29) is 6.10 Å². The molecule has 1 aliphatic rings. The molecule has 0 bridgehead atoms. The van der Waals surface area contributed by atoms with E-state index in [0.29, 0.717) is 0 Å². The van der Waals surface area contributed by atoms with Gasteiger partial charge in [-0.3, -0.25) is 0 Å². The summed E-state index contributed by atoms with van der Waals surface area (Å²) in [7, 11) is 0. The van der Waals surface area contributed by atoms with Gasteiger partial charge in [0.2, 0.25) is 0 Å². The smallest absolute Gasteiger partial charge is 0.0583 e. The molecule has 1 unspecified atom stereocenters. The molecule has 0 aromatic heterocycles. The average molecular weight is 226 g/mol. The fourth-order valence-electron chi connectivity index (χ4n) is 2.55. The van der Waals surface area contributed by atoms with E-state index in [1.54, 1.807) is 0 Å². The second-order valence-corrected chi connectivity index (χ2v) is 5.18. The molecule has 1 aliphatic carbocycles. The molecule has 0 amide bonds. The highest BCUT2D eigenvalue weighted by molar-refractivity contribution is 5.85. The topological polar surface area (TPSA) is 20.2 Å².